The Labute approximate surface area is 204 Å². The number of aliphatic hydroxyl groups is 1. The van der Waals surface area contributed by atoms with Gasteiger partial charge in [-0.05, 0) is 23.8 Å². The van der Waals surface area contributed by atoms with Crippen molar-refractivity contribution < 1.29 is 9.90 Å². The Balaban J connectivity index is 1.27. The topological polar surface area (TPSA) is 121 Å². The molecule has 1 aliphatic heterocycles. The molecule has 4 aromatic heterocycles. The zero-order valence-corrected chi connectivity index (χ0v) is 19.5. The van der Waals surface area contributed by atoms with Crippen LogP contribution in [0.2, 0.25) is 0 Å². The molecule has 0 bridgehead atoms. The van der Waals surface area contributed by atoms with E-state index in [9.17, 15) is 9.90 Å². The van der Waals surface area contributed by atoms with Crippen molar-refractivity contribution in [2.24, 2.45) is 0 Å². The predicted octanol–water partition coefficient (Wildman–Crippen LogP) is 3.10. The number of fused-ring (bicyclic) bond motifs is 1. The Morgan fingerprint density at radius 1 is 1.11 bits per heavy atom. The fraction of sp³-hybridized carbons (Fsp3) is 0.167. The molecule has 5 aromatic rings. The molecule has 1 amide bonds. The van der Waals surface area contributed by atoms with Crippen molar-refractivity contribution >= 4 is 34.5 Å². The fourth-order valence-electron chi connectivity index (χ4n) is 4.16. The van der Waals surface area contributed by atoms with Crippen molar-refractivity contribution in [3.63, 3.8) is 0 Å². The Morgan fingerprint density at radius 2 is 2.03 bits per heavy atom. The first-order valence-corrected chi connectivity index (χ1v) is 11.8. The van der Waals surface area contributed by atoms with E-state index < -0.39 is 5.60 Å². The monoisotopic (exact) mass is 484 g/mol. The van der Waals surface area contributed by atoms with Gasteiger partial charge < -0.3 is 15.3 Å². The molecule has 1 fully saturated rings. The molecule has 174 valence electrons. The van der Waals surface area contributed by atoms with Gasteiger partial charge in [-0.2, -0.15) is 5.10 Å². The van der Waals surface area contributed by atoms with Gasteiger partial charge >= 0.3 is 0 Å². The van der Waals surface area contributed by atoms with Crippen molar-refractivity contribution in [3.8, 4) is 22.0 Å². The average molecular weight is 485 g/mol. The third kappa shape index (κ3) is 3.70. The first kappa shape index (κ1) is 21.3. The van der Waals surface area contributed by atoms with Gasteiger partial charge in [0.2, 0.25) is 5.95 Å². The predicted molar refractivity (Wildman–Crippen MR) is 131 cm³/mol. The molecular weight excluding hydrogens is 464 g/mol. The van der Waals surface area contributed by atoms with Crippen LogP contribution in [0.15, 0.2) is 66.6 Å². The molecule has 1 unspecified atom stereocenters. The number of anilines is 2. The number of carbonyl (C=O) groups is 1. The highest BCUT2D eigenvalue weighted by atomic mass is 32.1. The molecule has 1 aliphatic rings. The summed E-state index contributed by atoms with van der Waals surface area (Å²) >= 11 is 1.46. The quantitative estimate of drug-likeness (QED) is 0.390. The second-order valence-corrected chi connectivity index (χ2v) is 9.15. The van der Waals surface area contributed by atoms with E-state index in [2.05, 4.69) is 25.4 Å². The van der Waals surface area contributed by atoms with E-state index in [-0.39, 0.29) is 5.91 Å². The molecule has 0 saturated carbocycles. The Kier molecular flexibility index (Phi) is 5.01. The number of nitrogens with zero attached hydrogens (tertiary/aromatic N) is 7. The van der Waals surface area contributed by atoms with Crippen LogP contribution in [0.3, 0.4) is 0 Å². The minimum absolute atomic E-state index is 0.281. The standard InChI is InChI=1S/C24H20N8O2S/c1-31-11-7-24(34,22(31)33)16-5-2-4-15(12-16)19-14-35-21(28-19)17-6-9-26-23(29-17)30-18-13-27-32-10-3-8-25-20(18)32/h2-6,8-10,12-14,34H,7,11H2,1H3,(H,26,29,30). The fourth-order valence-corrected chi connectivity index (χ4v) is 4.95. The molecule has 1 atom stereocenters. The van der Waals surface area contributed by atoms with E-state index in [4.69, 9.17) is 4.98 Å². The minimum atomic E-state index is -1.50. The van der Waals surface area contributed by atoms with Crippen molar-refractivity contribution in [2.75, 3.05) is 18.9 Å². The SMILES string of the molecule is CN1CCC(O)(c2cccc(-c3csc(-c4ccnc(Nc5cnn6cccnc56)n4)n3)c2)C1=O. The van der Waals surface area contributed by atoms with Crippen LogP contribution in [0, 0.1) is 0 Å². The number of aromatic nitrogens is 6. The molecular formula is C24H20N8O2S. The van der Waals surface area contributed by atoms with Gasteiger partial charge in [-0.1, -0.05) is 18.2 Å². The van der Waals surface area contributed by atoms with Crippen LogP contribution >= 0.6 is 11.3 Å². The van der Waals surface area contributed by atoms with Crippen LogP contribution < -0.4 is 5.32 Å². The van der Waals surface area contributed by atoms with Crippen molar-refractivity contribution in [1.29, 1.82) is 0 Å². The summed E-state index contributed by atoms with van der Waals surface area (Å²) in [4.78, 5) is 32.1. The van der Waals surface area contributed by atoms with E-state index >= 15 is 0 Å². The minimum Gasteiger partial charge on any atom is -0.375 e. The molecule has 0 radical (unpaired) electrons. The Hall–Kier alpha value is -4.22. The lowest BCUT2D eigenvalue weighted by molar-refractivity contribution is -0.143. The van der Waals surface area contributed by atoms with E-state index in [0.717, 1.165) is 16.3 Å². The van der Waals surface area contributed by atoms with Crippen molar-refractivity contribution in [3.05, 3.63) is 72.1 Å². The van der Waals surface area contributed by atoms with Crippen molar-refractivity contribution in [2.45, 2.75) is 12.0 Å². The first-order chi connectivity index (χ1) is 17.0. The molecule has 2 N–H and O–H groups in total. The van der Waals surface area contributed by atoms with Gasteiger partial charge in [0.25, 0.3) is 5.91 Å². The van der Waals surface area contributed by atoms with Gasteiger partial charge in [0.05, 0.1) is 11.9 Å². The first-order valence-electron chi connectivity index (χ1n) is 10.9. The molecule has 0 spiro atoms. The third-order valence-electron chi connectivity index (χ3n) is 6.05. The summed E-state index contributed by atoms with van der Waals surface area (Å²) in [6.07, 6.45) is 7.23. The van der Waals surface area contributed by atoms with Gasteiger partial charge in [0, 0.05) is 49.5 Å². The number of benzene rings is 1. The maximum atomic E-state index is 12.5. The number of amides is 1. The van der Waals surface area contributed by atoms with Crippen LogP contribution in [0.4, 0.5) is 11.6 Å². The lowest BCUT2D eigenvalue weighted by Gasteiger charge is -2.21. The molecule has 6 rings (SSSR count). The smallest absolute Gasteiger partial charge is 0.258 e. The summed E-state index contributed by atoms with van der Waals surface area (Å²) in [5, 5.41) is 21.1. The van der Waals surface area contributed by atoms with Crippen LogP contribution in [0.5, 0.6) is 0 Å². The number of likely N-dealkylation sites (N-methyl/N-ethyl adjacent to an activating group) is 1. The van der Waals surface area contributed by atoms with Crippen LogP contribution in [0.1, 0.15) is 12.0 Å². The normalized spacial score (nSPS) is 17.9. The summed E-state index contributed by atoms with van der Waals surface area (Å²) in [5.41, 5.74) is 2.69. The number of nitrogens with one attached hydrogen (secondary N) is 1. The molecule has 5 heterocycles. The lowest BCUT2D eigenvalue weighted by Crippen LogP contribution is -2.36. The molecule has 0 aliphatic carbocycles. The Bertz CT molecular complexity index is 1560. The summed E-state index contributed by atoms with van der Waals surface area (Å²) < 4.78 is 1.67. The molecule has 1 aromatic carbocycles. The van der Waals surface area contributed by atoms with E-state index in [1.165, 1.54) is 11.3 Å². The van der Waals surface area contributed by atoms with Gasteiger partial charge in [-0.25, -0.2) is 24.5 Å². The van der Waals surface area contributed by atoms with Gasteiger partial charge in [-0.15, -0.1) is 11.3 Å². The highest BCUT2D eigenvalue weighted by Gasteiger charge is 2.45. The Morgan fingerprint density at radius 3 is 2.89 bits per heavy atom. The van der Waals surface area contributed by atoms with Crippen LogP contribution in [-0.2, 0) is 10.4 Å². The summed E-state index contributed by atoms with van der Waals surface area (Å²) in [6.45, 7) is 0.524. The molecule has 10 nitrogen and oxygen atoms in total. The number of likely N-dealkylation sites (tertiary alicyclic amines) is 1. The highest BCUT2D eigenvalue weighted by molar-refractivity contribution is 7.13. The van der Waals surface area contributed by atoms with Gasteiger partial charge in [0.1, 0.15) is 16.4 Å². The van der Waals surface area contributed by atoms with E-state index in [1.54, 1.807) is 53.3 Å². The second-order valence-electron chi connectivity index (χ2n) is 8.29. The molecule has 1 saturated heterocycles. The number of rotatable bonds is 5. The van der Waals surface area contributed by atoms with E-state index in [1.807, 2.05) is 29.8 Å². The number of hydrogen-bond acceptors (Lipinski definition) is 9. The number of carbonyl (C=O) groups excluding carboxylic acids is 1. The van der Waals surface area contributed by atoms with Crippen LogP contribution in [-0.4, -0.2) is 59.1 Å². The molecule has 35 heavy (non-hydrogen) atoms. The zero-order chi connectivity index (χ0) is 24.0. The third-order valence-corrected chi connectivity index (χ3v) is 6.91. The zero-order valence-electron chi connectivity index (χ0n) is 18.7. The lowest BCUT2D eigenvalue weighted by atomic mass is 9.90. The molecule has 11 heteroatoms. The summed E-state index contributed by atoms with van der Waals surface area (Å²) in [7, 11) is 1.70. The largest absolute Gasteiger partial charge is 0.375 e. The summed E-state index contributed by atoms with van der Waals surface area (Å²) in [5.74, 6) is 0.129. The van der Waals surface area contributed by atoms with Gasteiger partial charge in [0.15, 0.2) is 11.2 Å². The highest BCUT2D eigenvalue weighted by Crippen LogP contribution is 2.35. The van der Waals surface area contributed by atoms with Crippen molar-refractivity contribution in [1.82, 2.24) is 34.4 Å². The van der Waals surface area contributed by atoms with Gasteiger partial charge in [-0.3, -0.25) is 4.79 Å². The second kappa shape index (κ2) is 8.22. The average Bonchev–Trinajstić information content (AvgIpc) is 3.61. The maximum Gasteiger partial charge on any atom is 0.258 e. The van der Waals surface area contributed by atoms with Crippen LogP contribution in [0.25, 0.3) is 27.6 Å². The maximum absolute atomic E-state index is 12.5. The summed E-state index contributed by atoms with van der Waals surface area (Å²) in [6, 6.07) is 11.0. The number of hydrogen-bond donors (Lipinski definition) is 2. The number of thiazole rings is 1. The van der Waals surface area contributed by atoms with E-state index in [0.29, 0.717) is 41.5 Å².